The van der Waals surface area contributed by atoms with Crippen molar-refractivity contribution < 1.29 is 9.53 Å². The van der Waals surface area contributed by atoms with E-state index < -0.39 is 0 Å². The van der Waals surface area contributed by atoms with Crippen LogP contribution >= 0.6 is 34.5 Å². The van der Waals surface area contributed by atoms with Crippen LogP contribution in [0.25, 0.3) is 10.6 Å². The van der Waals surface area contributed by atoms with Crippen molar-refractivity contribution in [3.05, 3.63) is 99.2 Å². The number of aromatic nitrogens is 2. The van der Waals surface area contributed by atoms with Gasteiger partial charge in [-0.25, -0.2) is 4.98 Å². The van der Waals surface area contributed by atoms with Crippen LogP contribution in [-0.4, -0.2) is 22.4 Å². The van der Waals surface area contributed by atoms with Crippen LogP contribution in [0.1, 0.15) is 21.7 Å². The Morgan fingerprint density at radius 3 is 2.66 bits per heavy atom. The van der Waals surface area contributed by atoms with E-state index in [-0.39, 0.29) is 5.91 Å². The lowest BCUT2D eigenvalue weighted by Crippen LogP contribution is -2.26. The van der Waals surface area contributed by atoms with Crippen LogP contribution < -0.4 is 10.1 Å². The SMILES string of the molecule is O=C(NCCc1ccccn1)c1csc(-c2ccc(OCc3ccc(Cl)cc3Cl)cc2)n1. The van der Waals surface area contributed by atoms with E-state index in [0.717, 1.165) is 21.8 Å². The van der Waals surface area contributed by atoms with Gasteiger partial charge in [0.15, 0.2) is 0 Å². The van der Waals surface area contributed by atoms with Gasteiger partial charge in [-0.2, -0.15) is 0 Å². The zero-order chi connectivity index (χ0) is 22.3. The smallest absolute Gasteiger partial charge is 0.270 e. The lowest BCUT2D eigenvalue weighted by Gasteiger charge is -2.08. The fourth-order valence-electron chi connectivity index (χ4n) is 2.94. The van der Waals surface area contributed by atoms with Crippen LogP contribution in [0, 0.1) is 0 Å². The summed E-state index contributed by atoms with van der Waals surface area (Å²) in [7, 11) is 0. The minimum atomic E-state index is -0.191. The Kier molecular flexibility index (Phi) is 7.37. The molecule has 0 fully saturated rings. The second-order valence-corrected chi connectivity index (χ2v) is 8.62. The molecule has 8 heteroatoms. The van der Waals surface area contributed by atoms with E-state index in [2.05, 4.69) is 15.3 Å². The normalized spacial score (nSPS) is 10.7. The molecule has 162 valence electrons. The molecular weight excluding hydrogens is 465 g/mol. The van der Waals surface area contributed by atoms with Crippen molar-refractivity contribution in [2.24, 2.45) is 0 Å². The van der Waals surface area contributed by atoms with Gasteiger partial charge in [0, 0.05) is 51.4 Å². The molecule has 1 N–H and O–H groups in total. The highest BCUT2D eigenvalue weighted by Crippen LogP contribution is 2.27. The molecule has 0 spiro atoms. The molecule has 5 nitrogen and oxygen atoms in total. The Morgan fingerprint density at radius 1 is 1.06 bits per heavy atom. The minimum Gasteiger partial charge on any atom is -0.489 e. The number of nitrogens with zero attached hydrogens (tertiary/aromatic N) is 2. The van der Waals surface area contributed by atoms with Crippen LogP contribution in [0.2, 0.25) is 10.0 Å². The van der Waals surface area contributed by atoms with Gasteiger partial charge >= 0.3 is 0 Å². The monoisotopic (exact) mass is 483 g/mol. The first-order valence-corrected chi connectivity index (χ1v) is 11.5. The molecular formula is C24H19Cl2N3O2S. The zero-order valence-corrected chi connectivity index (χ0v) is 19.3. The number of carbonyl (C=O) groups excluding carboxylic acids is 1. The highest BCUT2D eigenvalue weighted by Gasteiger charge is 2.12. The molecule has 2 aromatic heterocycles. The second-order valence-electron chi connectivity index (χ2n) is 6.91. The number of halogens is 2. The maximum Gasteiger partial charge on any atom is 0.270 e. The summed E-state index contributed by atoms with van der Waals surface area (Å²) in [6, 6.07) is 18.6. The predicted molar refractivity (Wildman–Crippen MR) is 129 cm³/mol. The third-order valence-electron chi connectivity index (χ3n) is 4.64. The number of pyridine rings is 1. The third kappa shape index (κ3) is 5.85. The van der Waals surface area contributed by atoms with Crippen molar-refractivity contribution in [3.8, 4) is 16.3 Å². The van der Waals surface area contributed by atoms with Crippen molar-refractivity contribution in [2.45, 2.75) is 13.0 Å². The molecule has 0 saturated carbocycles. The van der Waals surface area contributed by atoms with E-state index in [1.54, 1.807) is 23.7 Å². The summed E-state index contributed by atoms with van der Waals surface area (Å²) in [5, 5.41) is 6.58. The van der Waals surface area contributed by atoms with E-state index in [1.165, 1.54) is 11.3 Å². The lowest BCUT2D eigenvalue weighted by molar-refractivity contribution is 0.0950. The van der Waals surface area contributed by atoms with Crippen LogP contribution in [0.5, 0.6) is 5.75 Å². The first kappa shape index (κ1) is 22.3. The minimum absolute atomic E-state index is 0.191. The van der Waals surface area contributed by atoms with E-state index >= 15 is 0 Å². The first-order valence-electron chi connectivity index (χ1n) is 9.89. The molecule has 4 aromatic rings. The van der Waals surface area contributed by atoms with Gasteiger partial charge in [-0.05, 0) is 48.5 Å². The molecule has 2 heterocycles. The molecule has 0 saturated heterocycles. The Hall–Kier alpha value is -2.93. The maximum absolute atomic E-state index is 12.4. The Bertz CT molecular complexity index is 1200. The average Bonchev–Trinajstić information content (AvgIpc) is 3.30. The Morgan fingerprint density at radius 2 is 1.91 bits per heavy atom. The summed E-state index contributed by atoms with van der Waals surface area (Å²) in [4.78, 5) is 21.1. The second kappa shape index (κ2) is 10.6. The molecule has 4 rings (SSSR count). The van der Waals surface area contributed by atoms with Gasteiger partial charge in [-0.3, -0.25) is 9.78 Å². The number of thiazole rings is 1. The van der Waals surface area contributed by atoms with Crippen LogP contribution in [0.3, 0.4) is 0 Å². The summed E-state index contributed by atoms with van der Waals surface area (Å²) in [6.07, 6.45) is 2.42. The molecule has 2 aromatic carbocycles. The number of nitrogens with one attached hydrogen (secondary N) is 1. The molecule has 0 unspecified atom stereocenters. The quantitative estimate of drug-likeness (QED) is 0.330. The summed E-state index contributed by atoms with van der Waals surface area (Å²) < 4.78 is 5.81. The predicted octanol–water partition coefficient (Wildman–Crippen LogP) is 6.06. The number of ether oxygens (including phenoxy) is 1. The number of carbonyl (C=O) groups is 1. The van der Waals surface area contributed by atoms with Crippen molar-refractivity contribution in [3.63, 3.8) is 0 Å². The maximum atomic E-state index is 12.4. The van der Waals surface area contributed by atoms with E-state index in [4.69, 9.17) is 27.9 Å². The molecule has 1 amide bonds. The highest BCUT2D eigenvalue weighted by molar-refractivity contribution is 7.13. The van der Waals surface area contributed by atoms with Crippen molar-refractivity contribution in [1.29, 1.82) is 0 Å². The van der Waals surface area contributed by atoms with Crippen LogP contribution in [0.15, 0.2) is 72.2 Å². The standard InChI is InChI=1S/C24H19Cl2N3O2S/c25-18-7-4-17(21(26)13-18)14-31-20-8-5-16(6-9-20)24-29-22(15-32-24)23(30)28-12-10-19-3-1-2-11-27-19/h1-9,11,13,15H,10,12,14H2,(H,28,30). The Balaban J connectivity index is 1.32. The van der Waals surface area contributed by atoms with E-state index in [9.17, 15) is 4.79 Å². The summed E-state index contributed by atoms with van der Waals surface area (Å²) in [6.45, 7) is 0.849. The van der Waals surface area contributed by atoms with Crippen LogP contribution in [0.4, 0.5) is 0 Å². The van der Waals surface area contributed by atoms with Gasteiger partial charge in [0.2, 0.25) is 0 Å². The number of hydrogen-bond donors (Lipinski definition) is 1. The van der Waals surface area contributed by atoms with Crippen molar-refractivity contribution in [1.82, 2.24) is 15.3 Å². The topological polar surface area (TPSA) is 64.1 Å². The molecule has 0 aliphatic rings. The van der Waals surface area contributed by atoms with E-state index in [1.807, 2.05) is 48.5 Å². The average molecular weight is 484 g/mol. The molecule has 0 atom stereocenters. The first-order chi connectivity index (χ1) is 15.6. The van der Waals surface area contributed by atoms with E-state index in [0.29, 0.717) is 41.1 Å². The fraction of sp³-hybridized carbons (Fsp3) is 0.125. The number of benzene rings is 2. The van der Waals surface area contributed by atoms with Crippen LogP contribution in [-0.2, 0) is 13.0 Å². The highest BCUT2D eigenvalue weighted by atomic mass is 35.5. The number of amides is 1. The molecule has 32 heavy (non-hydrogen) atoms. The molecule has 0 radical (unpaired) electrons. The summed E-state index contributed by atoms with van der Waals surface area (Å²) in [5.41, 5.74) is 3.12. The van der Waals surface area contributed by atoms with Gasteiger partial charge in [-0.15, -0.1) is 11.3 Å². The molecule has 0 aliphatic heterocycles. The largest absolute Gasteiger partial charge is 0.489 e. The summed E-state index contributed by atoms with van der Waals surface area (Å²) >= 11 is 13.5. The van der Waals surface area contributed by atoms with Gasteiger partial charge in [-0.1, -0.05) is 35.3 Å². The van der Waals surface area contributed by atoms with Gasteiger partial charge in [0.1, 0.15) is 23.1 Å². The van der Waals surface area contributed by atoms with Crippen molar-refractivity contribution in [2.75, 3.05) is 6.54 Å². The fourth-order valence-corrected chi connectivity index (χ4v) is 4.21. The van der Waals surface area contributed by atoms with Gasteiger partial charge in [0.05, 0.1) is 0 Å². The van der Waals surface area contributed by atoms with Gasteiger partial charge < -0.3 is 10.1 Å². The van der Waals surface area contributed by atoms with Gasteiger partial charge in [0.25, 0.3) is 5.91 Å². The molecule has 0 bridgehead atoms. The Labute approximate surface area is 200 Å². The number of hydrogen-bond acceptors (Lipinski definition) is 5. The zero-order valence-electron chi connectivity index (χ0n) is 16.9. The summed E-state index contributed by atoms with van der Waals surface area (Å²) in [5.74, 6) is 0.520. The third-order valence-corrected chi connectivity index (χ3v) is 6.12. The number of rotatable bonds is 8. The van der Waals surface area contributed by atoms with Crippen molar-refractivity contribution >= 4 is 40.4 Å². The lowest BCUT2D eigenvalue weighted by atomic mass is 10.2. The molecule has 0 aliphatic carbocycles.